The molecule has 1 heterocycles. The highest BCUT2D eigenvalue weighted by Gasteiger charge is 2.43. The number of benzene rings is 2. The van der Waals surface area contributed by atoms with Gasteiger partial charge < -0.3 is 5.11 Å². The lowest BCUT2D eigenvalue weighted by atomic mass is 9.74. The zero-order valence-corrected chi connectivity index (χ0v) is 12.4. The molecule has 4 heteroatoms. The molecule has 0 spiro atoms. The minimum Gasteiger partial charge on any atom is -0.395 e. The van der Waals surface area contributed by atoms with E-state index in [9.17, 15) is 9.50 Å². The van der Waals surface area contributed by atoms with Crippen LogP contribution in [0.4, 0.5) is 4.39 Å². The number of hydrogen-bond donors (Lipinski definition) is 1. The van der Waals surface area contributed by atoms with Crippen molar-refractivity contribution in [2.75, 3.05) is 19.7 Å². The molecule has 1 fully saturated rings. The van der Waals surface area contributed by atoms with Gasteiger partial charge in [-0.15, -0.1) is 0 Å². The summed E-state index contributed by atoms with van der Waals surface area (Å²) in [6.07, 6.45) is 0. The fourth-order valence-corrected chi connectivity index (χ4v) is 3.10. The number of likely N-dealkylation sites (tertiary alicyclic amines) is 1. The van der Waals surface area contributed by atoms with Crippen molar-refractivity contribution in [3.8, 4) is 0 Å². The summed E-state index contributed by atoms with van der Waals surface area (Å²) in [4.78, 5) is 2.20. The fraction of sp³-hybridized carbons (Fsp3) is 0.294. The highest BCUT2D eigenvalue weighted by Crippen LogP contribution is 2.35. The lowest BCUT2D eigenvalue weighted by Crippen LogP contribution is -2.60. The van der Waals surface area contributed by atoms with Crippen LogP contribution in [0, 0.1) is 5.82 Å². The molecule has 0 unspecified atom stereocenters. The second-order valence-corrected chi connectivity index (χ2v) is 6.11. The first-order chi connectivity index (χ1) is 10.1. The van der Waals surface area contributed by atoms with E-state index in [0.717, 1.165) is 24.2 Å². The third-order valence-electron chi connectivity index (χ3n) is 4.13. The maximum Gasteiger partial charge on any atom is 0.142 e. The van der Waals surface area contributed by atoms with Gasteiger partial charge in [0, 0.05) is 25.0 Å². The molecule has 0 atom stereocenters. The number of hydrogen-bond acceptors (Lipinski definition) is 2. The Hall–Kier alpha value is -1.42. The largest absolute Gasteiger partial charge is 0.395 e. The van der Waals surface area contributed by atoms with Crippen LogP contribution in [0.3, 0.4) is 0 Å². The van der Waals surface area contributed by atoms with Gasteiger partial charge in [0.05, 0.1) is 11.6 Å². The maximum absolute atomic E-state index is 13.4. The van der Waals surface area contributed by atoms with E-state index in [4.69, 9.17) is 11.6 Å². The normalized spacial score (nSPS) is 17.5. The van der Waals surface area contributed by atoms with Gasteiger partial charge >= 0.3 is 0 Å². The predicted octanol–water partition coefficient (Wildman–Crippen LogP) is 3.23. The second kappa shape index (κ2) is 5.76. The highest BCUT2D eigenvalue weighted by atomic mass is 35.5. The van der Waals surface area contributed by atoms with Crippen molar-refractivity contribution in [1.82, 2.24) is 4.90 Å². The van der Waals surface area contributed by atoms with Crippen LogP contribution < -0.4 is 0 Å². The van der Waals surface area contributed by atoms with Gasteiger partial charge in [-0.3, -0.25) is 4.90 Å². The second-order valence-electron chi connectivity index (χ2n) is 5.70. The van der Waals surface area contributed by atoms with Crippen molar-refractivity contribution in [3.63, 3.8) is 0 Å². The first kappa shape index (κ1) is 14.5. The molecule has 0 aromatic heterocycles. The van der Waals surface area contributed by atoms with Crippen molar-refractivity contribution in [3.05, 3.63) is 70.5 Å². The van der Waals surface area contributed by atoms with Crippen LogP contribution >= 0.6 is 11.6 Å². The highest BCUT2D eigenvalue weighted by molar-refractivity contribution is 6.30. The van der Waals surface area contributed by atoms with Gasteiger partial charge in [0.15, 0.2) is 0 Å². The summed E-state index contributed by atoms with van der Waals surface area (Å²) in [5.74, 6) is -0.383. The number of aliphatic hydroxyl groups excluding tert-OH is 1. The molecule has 21 heavy (non-hydrogen) atoms. The summed E-state index contributed by atoms with van der Waals surface area (Å²) in [5, 5.41) is 9.90. The van der Waals surface area contributed by atoms with Crippen LogP contribution in [0.1, 0.15) is 11.1 Å². The minimum absolute atomic E-state index is 0.127. The molecule has 1 N–H and O–H groups in total. The van der Waals surface area contributed by atoms with Crippen molar-refractivity contribution < 1.29 is 9.50 Å². The van der Waals surface area contributed by atoms with E-state index in [1.807, 2.05) is 24.3 Å². The summed E-state index contributed by atoms with van der Waals surface area (Å²) in [7, 11) is 0. The summed E-state index contributed by atoms with van der Waals surface area (Å²) in [6.45, 7) is 2.35. The predicted molar refractivity (Wildman–Crippen MR) is 81.9 cm³/mol. The molecule has 2 aromatic carbocycles. The zero-order valence-electron chi connectivity index (χ0n) is 11.6. The molecule has 110 valence electrons. The Morgan fingerprint density at radius 3 is 2.48 bits per heavy atom. The van der Waals surface area contributed by atoms with Crippen molar-refractivity contribution in [1.29, 1.82) is 0 Å². The molecule has 0 amide bonds. The summed E-state index contributed by atoms with van der Waals surface area (Å²) >= 11 is 5.69. The average molecular weight is 306 g/mol. The number of halogens is 2. The molecule has 1 saturated heterocycles. The Morgan fingerprint density at radius 1 is 1.14 bits per heavy atom. The van der Waals surface area contributed by atoms with Crippen LogP contribution in [-0.2, 0) is 12.0 Å². The quantitative estimate of drug-likeness (QED) is 0.937. The van der Waals surface area contributed by atoms with E-state index in [-0.39, 0.29) is 22.9 Å². The molecule has 3 rings (SSSR count). The van der Waals surface area contributed by atoms with Crippen molar-refractivity contribution >= 4 is 11.6 Å². The standard InChI is InChI=1S/C17H17ClFNO/c18-15-7-6-13(8-16(15)19)9-20-10-17(11-20,12-21)14-4-2-1-3-5-14/h1-8,21H,9-12H2. The SMILES string of the molecule is OCC1(c2ccccc2)CN(Cc2ccc(Cl)c(F)c2)C1. The smallest absolute Gasteiger partial charge is 0.142 e. The summed E-state index contributed by atoms with van der Waals surface area (Å²) in [5.41, 5.74) is 1.87. The Labute approximate surface area is 128 Å². The van der Waals surface area contributed by atoms with E-state index in [1.54, 1.807) is 6.07 Å². The van der Waals surface area contributed by atoms with Gasteiger partial charge in [-0.25, -0.2) is 4.39 Å². The minimum atomic E-state index is -0.383. The van der Waals surface area contributed by atoms with E-state index in [0.29, 0.717) is 6.54 Å². The molecule has 2 aromatic rings. The Bertz CT molecular complexity index is 626. The molecular weight excluding hydrogens is 289 g/mol. The van der Waals surface area contributed by atoms with Gasteiger partial charge in [0.25, 0.3) is 0 Å². The van der Waals surface area contributed by atoms with Gasteiger partial charge in [-0.2, -0.15) is 0 Å². The Balaban J connectivity index is 1.68. The summed E-state index contributed by atoms with van der Waals surface area (Å²) < 4.78 is 13.4. The van der Waals surface area contributed by atoms with Gasteiger partial charge in [0.1, 0.15) is 5.82 Å². The van der Waals surface area contributed by atoms with Crippen molar-refractivity contribution in [2.45, 2.75) is 12.0 Å². The Morgan fingerprint density at radius 2 is 1.86 bits per heavy atom. The first-order valence-electron chi connectivity index (χ1n) is 6.96. The van der Waals surface area contributed by atoms with E-state index in [2.05, 4.69) is 17.0 Å². The van der Waals surface area contributed by atoms with Crippen LogP contribution in [0.5, 0.6) is 0 Å². The van der Waals surface area contributed by atoms with Crippen LogP contribution in [-0.4, -0.2) is 29.7 Å². The molecule has 0 aliphatic carbocycles. The molecule has 2 nitrogen and oxygen atoms in total. The lowest BCUT2D eigenvalue weighted by Gasteiger charge is -2.49. The molecule has 0 radical (unpaired) electrons. The average Bonchev–Trinajstić information content (AvgIpc) is 2.47. The number of aliphatic hydroxyl groups is 1. The molecule has 0 saturated carbocycles. The third-order valence-corrected chi connectivity index (χ3v) is 4.44. The van der Waals surface area contributed by atoms with Crippen molar-refractivity contribution in [2.24, 2.45) is 0 Å². The van der Waals surface area contributed by atoms with Gasteiger partial charge in [-0.1, -0.05) is 48.0 Å². The van der Waals surface area contributed by atoms with Crippen LogP contribution in [0.25, 0.3) is 0 Å². The Kier molecular flexibility index (Phi) is 3.98. The van der Waals surface area contributed by atoms with Crippen LogP contribution in [0.2, 0.25) is 5.02 Å². The fourth-order valence-electron chi connectivity index (χ4n) is 2.98. The third kappa shape index (κ3) is 2.82. The zero-order chi connectivity index (χ0) is 14.9. The summed E-state index contributed by atoms with van der Waals surface area (Å²) in [6, 6.07) is 15.0. The topological polar surface area (TPSA) is 23.5 Å². The van der Waals surface area contributed by atoms with E-state index in [1.165, 1.54) is 6.07 Å². The molecule has 1 aliphatic rings. The van der Waals surface area contributed by atoms with E-state index >= 15 is 0 Å². The lowest BCUT2D eigenvalue weighted by molar-refractivity contribution is 0.0139. The molecular formula is C17H17ClFNO. The monoisotopic (exact) mass is 305 g/mol. The van der Waals surface area contributed by atoms with Gasteiger partial charge in [0.2, 0.25) is 0 Å². The maximum atomic E-state index is 13.4. The number of nitrogens with zero attached hydrogens (tertiary/aromatic N) is 1. The number of rotatable bonds is 4. The first-order valence-corrected chi connectivity index (χ1v) is 7.33. The molecule has 0 bridgehead atoms. The van der Waals surface area contributed by atoms with E-state index < -0.39 is 0 Å². The van der Waals surface area contributed by atoms with Crippen LogP contribution in [0.15, 0.2) is 48.5 Å². The van der Waals surface area contributed by atoms with Gasteiger partial charge in [-0.05, 0) is 23.3 Å². The molecule has 1 aliphatic heterocycles.